The third-order valence-corrected chi connectivity index (χ3v) is 1.07. The molecule has 1 rings (SSSR count). The summed E-state index contributed by atoms with van der Waals surface area (Å²) in [5.74, 6) is -9.06. The minimum atomic E-state index is -1.90. The third-order valence-electron chi connectivity index (χ3n) is 1.07. The van der Waals surface area contributed by atoms with Crippen LogP contribution in [-0.4, -0.2) is 0 Å². The molecule has 1 aromatic rings. The maximum atomic E-state index is 12.1. The summed E-state index contributed by atoms with van der Waals surface area (Å²) in [6.45, 7) is 0. The van der Waals surface area contributed by atoms with E-state index in [0.717, 1.165) is 0 Å². The average Bonchev–Trinajstić information content (AvgIpc) is 1.97. The van der Waals surface area contributed by atoms with Gasteiger partial charge in [0.05, 0.1) is 0 Å². The Balaban J connectivity index is 0.00000121. The topological polar surface area (TPSA) is 23.1 Å². The van der Waals surface area contributed by atoms with Crippen molar-refractivity contribution in [3.05, 3.63) is 29.3 Å². The van der Waals surface area contributed by atoms with E-state index in [2.05, 4.69) is 0 Å². The van der Waals surface area contributed by atoms with Crippen molar-refractivity contribution < 1.29 is 41.5 Å². The molecule has 0 aliphatic rings. The molecule has 0 atom stereocenters. The summed E-state index contributed by atoms with van der Waals surface area (Å²) in [6.07, 6.45) is 0. The second kappa shape index (κ2) is 3.83. The molecule has 6 heteroatoms. The quantitative estimate of drug-likeness (QED) is 0.260. The summed E-state index contributed by atoms with van der Waals surface area (Å²) < 4.78 is 48.2. The van der Waals surface area contributed by atoms with Crippen LogP contribution in [-0.2, 0) is 0 Å². The zero-order valence-corrected chi connectivity index (χ0v) is 6.00. The van der Waals surface area contributed by atoms with E-state index in [4.69, 9.17) is 0 Å². The summed E-state index contributed by atoms with van der Waals surface area (Å²) in [5, 5.41) is 10.2. The molecule has 1 aromatic carbocycles. The van der Waals surface area contributed by atoms with Crippen LogP contribution in [0.3, 0.4) is 0 Å². The molecule has 0 saturated heterocycles. The summed E-state index contributed by atoms with van der Waals surface area (Å²) in [7, 11) is 0. The SMILES string of the molecule is [Li+].[O-]c1c(F)c(F)cc(F)c1F. The fourth-order valence-electron chi connectivity index (χ4n) is 0.551. The first kappa shape index (κ1) is 11.3. The van der Waals surface area contributed by atoms with Gasteiger partial charge in [-0.15, -0.1) is 0 Å². The van der Waals surface area contributed by atoms with Crippen molar-refractivity contribution in [2.75, 3.05) is 0 Å². The minimum Gasteiger partial charge on any atom is -0.868 e. The van der Waals surface area contributed by atoms with Gasteiger partial charge in [-0.1, -0.05) is 0 Å². The maximum absolute atomic E-state index is 12.1. The first-order chi connectivity index (χ1) is 5.04. The maximum Gasteiger partial charge on any atom is 1.00 e. The number of benzene rings is 1. The van der Waals surface area contributed by atoms with E-state index < -0.39 is 29.0 Å². The number of rotatable bonds is 0. The Morgan fingerprint density at radius 2 is 1.25 bits per heavy atom. The van der Waals surface area contributed by atoms with E-state index in [9.17, 15) is 22.7 Å². The van der Waals surface area contributed by atoms with Gasteiger partial charge in [-0.05, 0) is 5.75 Å². The van der Waals surface area contributed by atoms with E-state index in [0.29, 0.717) is 0 Å². The molecule has 60 valence electrons. The Kier molecular flexibility index (Phi) is 3.62. The average molecular weight is 172 g/mol. The summed E-state index contributed by atoms with van der Waals surface area (Å²) in [4.78, 5) is 0. The van der Waals surface area contributed by atoms with Gasteiger partial charge in [-0.25, -0.2) is 17.6 Å². The van der Waals surface area contributed by atoms with Gasteiger partial charge >= 0.3 is 18.9 Å². The van der Waals surface area contributed by atoms with E-state index in [1.807, 2.05) is 0 Å². The predicted octanol–water partition coefficient (Wildman–Crippen LogP) is -1.68. The van der Waals surface area contributed by atoms with Crippen LogP contribution in [0.25, 0.3) is 0 Å². The van der Waals surface area contributed by atoms with Crippen LogP contribution >= 0.6 is 0 Å². The molecule has 0 bridgehead atoms. The fourth-order valence-corrected chi connectivity index (χ4v) is 0.551. The van der Waals surface area contributed by atoms with Crippen LogP contribution in [0, 0.1) is 23.3 Å². The van der Waals surface area contributed by atoms with Crippen LogP contribution in [0.15, 0.2) is 6.07 Å². The van der Waals surface area contributed by atoms with Crippen LogP contribution in [0.2, 0.25) is 0 Å². The summed E-state index contributed by atoms with van der Waals surface area (Å²) in [5.41, 5.74) is 0. The second-order valence-electron chi connectivity index (χ2n) is 1.80. The van der Waals surface area contributed by atoms with Gasteiger partial charge in [0.1, 0.15) is 0 Å². The van der Waals surface area contributed by atoms with Crippen LogP contribution in [0.4, 0.5) is 17.6 Å². The molecule has 0 amide bonds. The smallest absolute Gasteiger partial charge is 0.868 e. The van der Waals surface area contributed by atoms with Gasteiger partial charge in [0.25, 0.3) is 0 Å². The Bertz CT molecular complexity index is 276. The first-order valence-corrected chi connectivity index (χ1v) is 2.54. The second-order valence-corrected chi connectivity index (χ2v) is 1.80. The van der Waals surface area contributed by atoms with E-state index in [-0.39, 0.29) is 24.9 Å². The summed E-state index contributed by atoms with van der Waals surface area (Å²) in [6, 6.07) is -0.0218. The zero-order chi connectivity index (χ0) is 8.59. The molecule has 0 aliphatic heterocycles. The molecule has 0 aromatic heterocycles. The molecule has 1 nitrogen and oxygen atoms in total. The number of halogens is 4. The molecule has 0 unspecified atom stereocenters. The Labute approximate surface area is 77.2 Å². The van der Waals surface area contributed by atoms with Crippen molar-refractivity contribution in [2.24, 2.45) is 0 Å². The minimum absolute atomic E-state index is 0. The molecule has 0 N–H and O–H groups in total. The molecule has 0 saturated carbocycles. The third kappa shape index (κ3) is 1.74. The van der Waals surface area contributed by atoms with Crippen molar-refractivity contribution in [1.82, 2.24) is 0 Å². The van der Waals surface area contributed by atoms with Gasteiger partial charge in [-0.2, -0.15) is 0 Å². The van der Waals surface area contributed by atoms with Crippen molar-refractivity contribution in [1.29, 1.82) is 0 Å². The first-order valence-electron chi connectivity index (χ1n) is 2.54. The van der Waals surface area contributed by atoms with Gasteiger partial charge in [0.2, 0.25) is 0 Å². The van der Waals surface area contributed by atoms with Crippen LogP contribution < -0.4 is 24.0 Å². The number of hydrogen-bond donors (Lipinski definition) is 0. The molecule has 0 spiro atoms. The zero-order valence-electron chi connectivity index (χ0n) is 6.00. The van der Waals surface area contributed by atoms with Gasteiger partial charge in [-0.3, -0.25) is 0 Å². The van der Waals surface area contributed by atoms with Gasteiger partial charge < -0.3 is 5.11 Å². The molecule has 0 heterocycles. The van der Waals surface area contributed by atoms with Crippen molar-refractivity contribution in [3.8, 4) is 5.75 Å². The van der Waals surface area contributed by atoms with Crippen molar-refractivity contribution in [3.63, 3.8) is 0 Å². The fraction of sp³-hybridized carbons (Fsp3) is 0. The van der Waals surface area contributed by atoms with Gasteiger partial charge in [0.15, 0.2) is 23.3 Å². The molecular weight excluding hydrogens is 171 g/mol. The normalized spacial score (nSPS) is 9.33. The van der Waals surface area contributed by atoms with Crippen LogP contribution in [0.5, 0.6) is 5.75 Å². The van der Waals surface area contributed by atoms with Crippen molar-refractivity contribution in [2.45, 2.75) is 0 Å². The van der Waals surface area contributed by atoms with E-state index in [1.165, 1.54) is 0 Å². The molecule has 0 aliphatic carbocycles. The van der Waals surface area contributed by atoms with Crippen LogP contribution in [0.1, 0.15) is 0 Å². The Morgan fingerprint density at radius 3 is 1.58 bits per heavy atom. The van der Waals surface area contributed by atoms with E-state index in [1.54, 1.807) is 0 Å². The molecule has 0 radical (unpaired) electrons. The van der Waals surface area contributed by atoms with E-state index >= 15 is 0 Å². The largest absolute Gasteiger partial charge is 1.00 e. The molecular formula is C6HF4LiO. The standard InChI is InChI=1S/C6H2F4O.Li/c7-2-1-3(8)5(10)6(11)4(2)9;/h1,11H;/q;+1/p-1. The Hall–Kier alpha value is -0.663. The monoisotopic (exact) mass is 172 g/mol. The summed E-state index contributed by atoms with van der Waals surface area (Å²) >= 11 is 0. The van der Waals surface area contributed by atoms with Crippen molar-refractivity contribution >= 4 is 0 Å². The predicted molar refractivity (Wildman–Crippen MR) is 25.7 cm³/mol. The molecule has 0 fully saturated rings. The van der Waals surface area contributed by atoms with Gasteiger partial charge in [0, 0.05) is 6.07 Å². The Morgan fingerprint density at radius 1 is 0.917 bits per heavy atom. The number of hydrogen-bond acceptors (Lipinski definition) is 1. The molecule has 12 heavy (non-hydrogen) atoms.